The Balaban J connectivity index is 1.86. The minimum absolute atomic E-state index is 0.563. The average Bonchev–Trinajstić information content (AvgIpc) is 2.92. The third kappa shape index (κ3) is 3.35. The predicted molar refractivity (Wildman–Crippen MR) is 91.9 cm³/mol. The molecule has 0 aliphatic heterocycles. The van der Waals surface area contributed by atoms with Crippen LogP contribution in [-0.2, 0) is 6.42 Å². The first kappa shape index (κ1) is 15.1. The summed E-state index contributed by atoms with van der Waals surface area (Å²) in [6.45, 7) is 4.35. The first-order chi connectivity index (χ1) is 10.3. The van der Waals surface area contributed by atoms with Crippen LogP contribution in [0.1, 0.15) is 42.7 Å². The van der Waals surface area contributed by atoms with E-state index in [0.717, 1.165) is 28.3 Å². The highest BCUT2D eigenvalue weighted by Crippen LogP contribution is 2.38. The summed E-state index contributed by atoms with van der Waals surface area (Å²) in [5.74, 6) is 0.563. The fourth-order valence-electron chi connectivity index (χ4n) is 2.80. The van der Waals surface area contributed by atoms with Gasteiger partial charge < -0.3 is 5.32 Å². The molecule has 0 amide bonds. The summed E-state index contributed by atoms with van der Waals surface area (Å²) in [5.41, 5.74) is 2.28. The lowest BCUT2D eigenvalue weighted by Crippen LogP contribution is -2.24. The summed E-state index contributed by atoms with van der Waals surface area (Å²) >= 11 is 5.40. The molecule has 112 valence electrons. The lowest BCUT2D eigenvalue weighted by molar-refractivity contribution is 0.502. The molecule has 2 aromatic rings. The molecule has 3 nitrogen and oxygen atoms in total. The molecule has 0 aromatic carbocycles. The molecule has 1 N–H and O–H groups in total. The summed E-state index contributed by atoms with van der Waals surface area (Å²) in [5, 5.41) is 4.60. The van der Waals surface area contributed by atoms with Gasteiger partial charge in [0, 0.05) is 28.0 Å². The second-order valence-corrected chi connectivity index (χ2v) is 7.39. The summed E-state index contributed by atoms with van der Waals surface area (Å²) in [6, 6.07) is 3.97. The Kier molecular flexibility index (Phi) is 5.03. The van der Waals surface area contributed by atoms with Gasteiger partial charge in [0.25, 0.3) is 0 Å². The second-order valence-electron chi connectivity index (χ2n) is 5.45. The Morgan fingerprint density at radius 2 is 2.38 bits per heavy atom. The molecule has 0 bridgehead atoms. The van der Waals surface area contributed by atoms with Crippen molar-refractivity contribution in [2.45, 2.75) is 38.5 Å². The molecule has 0 spiro atoms. The Hall–Kier alpha value is -0.780. The van der Waals surface area contributed by atoms with Crippen molar-refractivity contribution in [2.24, 2.45) is 0 Å². The standard InChI is InChI=1S/C16H20BrN3S/c1-2-8-18-10-11-5-3-7-13-14(11)20-16(21-13)15-12(17)6-4-9-19-15/h4,6,9,11,18H,2-3,5,7-8,10H2,1H3. The van der Waals surface area contributed by atoms with E-state index in [1.165, 1.54) is 36.3 Å². The van der Waals surface area contributed by atoms with Gasteiger partial charge in [-0.3, -0.25) is 4.98 Å². The number of fused-ring (bicyclic) bond motifs is 1. The number of hydrogen-bond acceptors (Lipinski definition) is 4. The summed E-state index contributed by atoms with van der Waals surface area (Å²) < 4.78 is 1.02. The van der Waals surface area contributed by atoms with Crippen LogP contribution in [0, 0.1) is 0 Å². The number of hydrogen-bond donors (Lipinski definition) is 1. The minimum Gasteiger partial charge on any atom is -0.316 e. The summed E-state index contributed by atoms with van der Waals surface area (Å²) in [4.78, 5) is 10.9. The van der Waals surface area contributed by atoms with Crippen molar-refractivity contribution in [2.75, 3.05) is 13.1 Å². The molecule has 3 rings (SSSR count). The van der Waals surface area contributed by atoms with Crippen LogP contribution in [0.3, 0.4) is 0 Å². The first-order valence-corrected chi connectivity index (χ1v) is 9.21. The molecule has 0 saturated heterocycles. The highest BCUT2D eigenvalue weighted by atomic mass is 79.9. The fourth-order valence-corrected chi connectivity index (χ4v) is 4.58. The van der Waals surface area contributed by atoms with Gasteiger partial charge in [0.05, 0.1) is 5.69 Å². The molecule has 0 radical (unpaired) electrons. The fraction of sp³-hybridized carbons (Fsp3) is 0.500. The Morgan fingerprint density at radius 1 is 1.48 bits per heavy atom. The SMILES string of the molecule is CCCNCC1CCCc2sc(-c3ncccc3Br)nc21. The Bertz CT molecular complexity index is 611. The monoisotopic (exact) mass is 365 g/mol. The third-order valence-electron chi connectivity index (χ3n) is 3.85. The number of aromatic nitrogens is 2. The molecule has 2 heterocycles. The van der Waals surface area contributed by atoms with Gasteiger partial charge in [-0.25, -0.2) is 4.98 Å². The molecule has 2 aromatic heterocycles. The van der Waals surface area contributed by atoms with E-state index in [4.69, 9.17) is 4.98 Å². The maximum atomic E-state index is 4.93. The van der Waals surface area contributed by atoms with Crippen LogP contribution in [0.4, 0.5) is 0 Å². The van der Waals surface area contributed by atoms with Gasteiger partial charge in [0.2, 0.25) is 0 Å². The Labute approximate surface area is 138 Å². The van der Waals surface area contributed by atoms with Gasteiger partial charge in [0.1, 0.15) is 10.7 Å². The van der Waals surface area contributed by atoms with Crippen LogP contribution in [0.25, 0.3) is 10.7 Å². The molecule has 21 heavy (non-hydrogen) atoms. The normalized spacial score (nSPS) is 17.7. The van der Waals surface area contributed by atoms with Gasteiger partial charge in [-0.2, -0.15) is 0 Å². The van der Waals surface area contributed by atoms with Gasteiger partial charge in [0.15, 0.2) is 0 Å². The summed E-state index contributed by atoms with van der Waals surface area (Å²) in [7, 11) is 0. The number of halogens is 1. The van der Waals surface area contributed by atoms with Crippen molar-refractivity contribution in [1.29, 1.82) is 0 Å². The van der Waals surface area contributed by atoms with E-state index in [2.05, 4.69) is 33.2 Å². The third-order valence-corrected chi connectivity index (χ3v) is 5.63. The van der Waals surface area contributed by atoms with Gasteiger partial charge in [-0.1, -0.05) is 6.92 Å². The van der Waals surface area contributed by atoms with Crippen LogP contribution in [0.5, 0.6) is 0 Å². The number of nitrogens with one attached hydrogen (secondary N) is 1. The van der Waals surface area contributed by atoms with E-state index in [1.54, 1.807) is 0 Å². The van der Waals surface area contributed by atoms with Crippen LogP contribution in [-0.4, -0.2) is 23.1 Å². The first-order valence-electron chi connectivity index (χ1n) is 7.60. The average molecular weight is 366 g/mol. The molecule has 5 heteroatoms. The second kappa shape index (κ2) is 6.99. The van der Waals surface area contributed by atoms with Crippen molar-refractivity contribution in [3.63, 3.8) is 0 Å². The minimum atomic E-state index is 0.563. The van der Waals surface area contributed by atoms with Crippen molar-refractivity contribution in [3.8, 4) is 10.7 Å². The molecule has 0 fully saturated rings. The Morgan fingerprint density at radius 3 is 3.19 bits per heavy atom. The van der Waals surface area contributed by atoms with E-state index in [9.17, 15) is 0 Å². The van der Waals surface area contributed by atoms with Crippen LogP contribution >= 0.6 is 27.3 Å². The lowest BCUT2D eigenvalue weighted by Gasteiger charge is -2.21. The smallest absolute Gasteiger partial charge is 0.143 e. The molecule has 1 aliphatic rings. The van der Waals surface area contributed by atoms with Gasteiger partial charge >= 0.3 is 0 Å². The lowest BCUT2D eigenvalue weighted by atomic mass is 9.91. The van der Waals surface area contributed by atoms with E-state index in [-0.39, 0.29) is 0 Å². The maximum absolute atomic E-state index is 4.93. The van der Waals surface area contributed by atoms with Gasteiger partial charge in [-0.05, 0) is 60.3 Å². The zero-order chi connectivity index (χ0) is 14.7. The van der Waals surface area contributed by atoms with E-state index in [1.807, 2.05) is 29.7 Å². The number of aryl methyl sites for hydroxylation is 1. The highest BCUT2D eigenvalue weighted by Gasteiger charge is 2.25. The number of nitrogens with zero attached hydrogens (tertiary/aromatic N) is 2. The molecule has 1 unspecified atom stereocenters. The zero-order valence-corrected chi connectivity index (χ0v) is 14.6. The van der Waals surface area contributed by atoms with Crippen molar-refractivity contribution >= 4 is 27.3 Å². The highest BCUT2D eigenvalue weighted by molar-refractivity contribution is 9.10. The number of pyridine rings is 1. The zero-order valence-electron chi connectivity index (χ0n) is 12.2. The molecule has 1 aliphatic carbocycles. The number of thiazole rings is 1. The van der Waals surface area contributed by atoms with Crippen LogP contribution in [0.2, 0.25) is 0 Å². The van der Waals surface area contributed by atoms with E-state index < -0.39 is 0 Å². The number of rotatable bonds is 5. The molecule has 1 atom stereocenters. The summed E-state index contributed by atoms with van der Waals surface area (Å²) in [6.07, 6.45) is 6.71. The maximum Gasteiger partial charge on any atom is 0.143 e. The van der Waals surface area contributed by atoms with Crippen molar-refractivity contribution in [1.82, 2.24) is 15.3 Å². The topological polar surface area (TPSA) is 37.8 Å². The predicted octanol–water partition coefficient (Wildman–Crippen LogP) is 4.39. The molecular formula is C16H20BrN3S. The van der Waals surface area contributed by atoms with E-state index >= 15 is 0 Å². The largest absolute Gasteiger partial charge is 0.316 e. The van der Waals surface area contributed by atoms with Crippen LogP contribution in [0.15, 0.2) is 22.8 Å². The molecule has 0 saturated carbocycles. The van der Waals surface area contributed by atoms with E-state index in [0.29, 0.717) is 5.92 Å². The molecular weight excluding hydrogens is 346 g/mol. The van der Waals surface area contributed by atoms with Gasteiger partial charge in [-0.15, -0.1) is 11.3 Å². The van der Waals surface area contributed by atoms with Crippen LogP contribution < -0.4 is 5.32 Å². The van der Waals surface area contributed by atoms with Crippen molar-refractivity contribution < 1.29 is 0 Å². The quantitative estimate of drug-likeness (QED) is 0.798. The van der Waals surface area contributed by atoms with Crippen molar-refractivity contribution in [3.05, 3.63) is 33.4 Å².